The van der Waals surface area contributed by atoms with Crippen molar-refractivity contribution in [1.29, 1.82) is 0 Å². The molecule has 1 N–H and O–H groups in total. The van der Waals surface area contributed by atoms with E-state index in [9.17, 15) is 9.59 Å². The van der Waals surface area contributed by atoms with E-state index in [0.717, 1.165) is 53.9 Å². The first kappa shape index (κ1) is 21.3. The monoisotopic (exact) mass is 452 g/mol. The Kier molecular flexibility index (Phi) is 5.84. The Hall–Kier alpha value is -2.54. The number of nitrogens with one attached hydrogen (secondary N) is 1. The molecule has 0 unspecified atom stereocenters. The molecule has 170 valence electrons. The van der Waals surface area contributed by atoms with Crippen molar-refractivity contribution in [3.63, 3.8) is 0 Å². The van der Waals surface area contributed by atoms with E-state index in [2.05, 4.69) is 22.3 Å². The van der Waals surface area contributed by atoms with E-state index < -0.39 is 0 Å². The minimum Gasteiger partial charge on any atom is -0.370 e. The lowest BCUT2D eigenvalue weighted by Crippen LogP contribution is -2.30. The Morgan fingerprint density at radius 1 is 0.938 bits per heavy atom. The van der Waals surface area contributed by atoms with Gasteiger partial charge in [-0.05, 0) is 56.2 Å². The summed E-state index contributed by atoms with van der Waals surface area (Å²) in [6.45, 7) is 1.94. The zero-order valence-corrected chi connectivity index (χ0v) is 19.8. The first-order chi connectivity index (χ1) is 15.5. The third-order valence-corrected chi connectivity index (χ3v) is 8.32. The van der Waals surface area contributed by atoms with Crippen LogP contribution >= 0.6 is 11.3 Å². The normalized spacial score (nSPS) is 17.8. The molecule has 1 aromatic carbocycles. The molecule has 6 nitrogen and oxygen atoms in total. The van der Waals surface area contributed by atoms with Crippen molar-refractivity contribution in [1.82, 2.24) is 9.13 Å². The molecule has 2 fully saturated rings. The van der Waals surface area contributed by atoms with Gasteiger partial charge in [0.1, 0.15) is 0 Å². The number of hydrogen-bond donors (Lipinski definition) is 1. The zero-order valence-electron chi connectivity index (χ0n) is 19.0. The van der Waals surface area contributed by atoms with Crippen LogP contribution in [0.25, 0.3) is 11.0 Å². The number of imidazole rings is 1. The van der Waals surface area contributed by atoms with Gasteiger partial charge in [0.05, 0.1) is 28.0 Å². The molecule has 0 bridgehead atoms. The Balaban J connectivity index is 1.48. The number of amides is 1. The van der Waals surface area contributed by atoms with Gasteiger partial charge in [-0.15, -0.1) is 11.3 Å². The lowest BCUT2D eigenvalue weighted by molar-refractivity contribution is 0.102. The summed E-state index contributed by atoms with van der Waals surface area (Å²) < 4.78 is 3.33. The predicted molar refractivity (Wildman–Crippen MR) is 132 cm³/mol. The molecule has 32 heavy (non-hydrogen) atoms. The van der Waals surface area contributed by atoms with Gasteiger partial charge in [-0.2, -0.15) is 0 Å². The van der Waals surface area contributed by atoms with Crippen LogP contribution in [0.4, 0.5) is 11.4 Å². The zero-order chi connectivity index (χ0) is 22.2. The van der Waals surface area contributed by atoms with Crippen LogP contribution in [0.5, 0.6) is 0 Å². The third kappa shape index (κ3) is 3.87. The van der Waals surface area contributed by atoms with E-state index in [-0.39, 0.29) is 11.6 Å². The maximum atomic E-state index is 13.2. The van der Waals surface area contributed by atoms with Gasteiger partial charge < -0.3 is 10.2 Å². The Morgan fingerprint density at radius 2 is 1.59 bits per heavy atom. The Labute approximate surface area is 192 Å². The van der Waals surface area contributed by atoms with Crippen LogP contribution in [-0.4, -0.2) is 28.1 Å². The molecule has 1 aliphatic carbocycles. The third-order valence-electron chi connectivity index (χ3n) is 7.22. The molecule has 2 aromatic heterocycles. The van der Waals surface area contributed by atoms with Gasteiger partial charge in [0.25, 0.3) is 5.91 Å². The maximum absolute atomic E-state index is 13.2. The second-order valence-electron chi connectivity index (χ2n) is 9.33. The lowest BCUT2D eigenvalue weighted by Gasteiger charge is -2.30. The summed E-state index contributed by atoms with van der Waals surface area (Å²) in [5.74, 6) is 0.538. The Morgan fingerprint density at radius 3 is 2.31 bits per heavy atom. The van der Waals surface area contributed by atoms with Crippen LogP contribution < -0.4 is 15.9 Å². The molecule has 0 atom stereocenters. The Bertz CT molecular complexity index is 1190. The van der Waals surface area contributed by atoms with Crippen molar-refractivity contribution in [3.05, 3.63) is 44.5 Å². The second-order valence-corrected chi connectivity index (χ2v) is 10.3. The largest absolute Gasteiger partial charge is 0.370 e. The molecule has 1 amide bonds. The number of rotatable bonds is 4. The SMILES string of the molecule is Cn1c(=O)n(C)c2cc(N3CCCCC3)c(NC(=O)c3csc(C4CCCCC4)c3)cc21. The fraction of sp³-hybridized carbons (Fsp3) is 0.520. The number of carbonyl (C=O) groups is 1. The smallest absolute Gasteiger partial charge is 0.328 e. The molecule has 0 spiro atoms. The van der Waals surface area contributed by atoms with E-state index in [1.165, 1.54) is 43.4 Å². The van der Waals surface area contributed by atoms with E-state index in [1.54, 1.807) is 34.6 Å². The van der Waals surface area contributed by atoms with Gasteiger partial charge >= 0.3 is 5.69 Å². The summed E-state index contributed by atoms with van der Waals surface area (Å²) in [5.41, 5.74) is 4.21. The van der Waals surface area contributed by atoms with Crippen LogP contribution in [0, 0.1) is 0 Å². The fourth-order valence-electron chi connectivity index (χ4n) is 5.30. The molecule has 3 heterocycles. The average molecular weight is 453 g/mol. The second kappa shape index (κ2) is 8.77. The van der Waals surface area contributed by atoms with Gasteiger partial charge in [-0.25, -0.2) is 4.79 Å². The summed E-state index contributed by atoms with van der Waals surface area (Å²) in [4.78, 5) is 29.4. The number of thiophene rings is 1. The van der Waals surface area contributed by atoms with Crippen molar-refractivity contribution in [3.8, 4) is 0 Å². The summed E-state index contributed by atoms with van der Waals surface area (Å²) in [6, 6.07) is 6.12. The standard InChI is InChI=1S/C25H32N4O2S/c1-27-21-14-19(20(29-11-7-4-8-12-29)15-22(21)28(2)25(27)31)26-24(30)18-13-23(32-16-18)17-9-5-3-6-10-17/h13-17H,3-12H2,1-2H3,(H,26,30). The molecular weight excluding hydrogens is 420 g/mol. The predicted octanol–water partition coefficient (Wildman–Crippen LogP) is 5.23. The van der Waals surface area contributed by atoms with Crippen molar-refractivity contribution in [2.45, 2.75) is 57.3 Å². The number of fused-ring (bicyclic) bond motifs is 1. The maximum Gasteiger partial charge on any atom is 0.328 e. The van der Waals surface area contributed by atoms with Crippen molar-refractivity contribution in [2.75, 3.05) is 23.3 Å². The number of aromatic nitrogens is 2. The summed E-state index contributed by atoms with van der Waals surface area (Å²) in [7, 11) is 3.59. The average Bonchev–Trinajstić information content (AvgIpc) is 3.41. The highest BCUT2D eigenvalue weighted by Crippen LogP contribution is 2.37. The van der Waals surface area contributed by atoms with Gasteiger partial charge in [-0.3, -0.25) is 13.9 Å². The first-order valence-corrected chi connectivity index (χ1v) is 12.7. The highest BCUT2D eigenvalue weighted by molar-refractivity contribution is 7.10. The molecule has 7 heteroatoms. The molecule has 5 rings (SSSR count). The molecule has 0 radical (unpaired) electrons. The van der Waals surface area contributed by atoms with Gasteiger partial charge in [0.2, 0.25) is 0 Å². The van der Waals surface area contributed by atoms with Crippen LogP contribution in [0.2, 0.25) is 0 Å². The van der Waals surface area contributed by atoms with Gasteiger partial charge in [-0.1, -0.05) is 19.3 Å². The number of piperidine rings is 1. The van der Waals surface area contributed by atoms with Gasteiger partial charge in [0, 0.05) is 37.4 Å². The number of carbonyl (C=O) groups excluding carboxylic acids is 1. The van der Waals surface area contributed by atoms with Crippen LogP contribution in [0.15, 0.2) is 28.4 Å². The van der Waals surface area contributed by atoms with E-state index in [0.29, 0.717) is 5.92 Å². The number of aryl methyl sites for hydroxylation is 2. The van der Waals surface area contributed by atoms with Crippen molar-refractivity contribution in [2.24, 2.45) is 14.1 Å². The number of benzene rings is 1. The van der Waals surface area contributed by atoms with Crippen LogP contribution in [0.3, 0.4) is 0 Å². The minimum atomic E-state index is -0.0677. The highest BCUT2D eigenvalue weighted by Gasteiger charge is 2.22. The molecule has 1 saturated carbocycles. The topological polar surface area (TPSA) is 59.3 Å². The van der Waals surface area contributed by atoms with Crippen molar-refractivity contribution < 1.29 is 4.79 Å². The van der Waals surface area contributed by atoms with Crippen molar-refractivity contribution >= 4 is 39.7 Å². The van der Waals surface area contributed by atoms with Crippen LogP contribution in [-0.2, 0) is 14.1 Å². The highest BCUT2D eigenvalue weighted by atomic mass is 32.1. The molecule has 1 saturated heterocycles. The molecule has 1 aliphatic heterocycles. The summed E-state index contributed by atoms with van der Waals surface area (Å²) in [6.07, 6.45) is 9.92. The number of hydrogen-bond acceptors (Lipinski definition) is 4. The summed E-state index contributed by atoms with van der Waals surface area (Å²) in [5, 5.41) is 5.19. The molecular formula is C25H32N4O2S. The minimum absolute atomic E-state index is 0.0528. The van der Waals surface area contributed by atoms with E-state index in [1.807, 2.05) is 11.4 Å². The fourth-order valence-corrected chi connectivity index (χ4v) is 6.36. The quantitative estimate of drug-likeness (QED) is 0.590. The van der Waals surface area contributed by atoms with Gasteiger partial charge in [0.15, 0.2) is 0 Å². The number of anilines is 2. The van der Waals surface area contributed by atoms with E-state index in [4.69, 9.17) is 0 Å². The van der Waals surface area contributed by atoms with E-state index >= 15 is 0 Å². The number of nitrogens with zero attached hydrogens (tertiary/aromatic N) is 3. The first-order valence-electron chi connectivity index (χ1n) is 11.9. The lowest BCUT2D eigenvalue weighted by atomic mass is 9.88. The molecule has 2 aliphatic rings. The molecule has 3 aromatic rings. The van der Waals surface area contributed by atoms with Crippen LogP contribution in [0.1, 0.15) is 72.5 Å². The summed E-state index contributed by atoms with van der Waals surface area (Å²) >= 11 is 1.72.